The Labute approximate surface area is 202 Å². The van der Waals surface area contributed by atoms with Crippen molar-refractivity contribution in [1.29, 1.82) is 0 Å². The maximum absolute atomic E-state index is 13.2. The lowest BCUT2D eigenvalue weighted by molar-refractivity contribution is -0.136. The number of carbonyl (C=O) groups is 2. The lowest BCUT2D eigenvalue weighted by Gasteiger charge is -2.32. The number of cyclic esters (lactones) is 1. The highest BCUT2D eigenvalue weighted by atomic mass is 35.5. The fourth-order valence-electron chi connectivity index (χ4n) is 4.38. The van der Waals surface area contributed by atoms with Crippen LogP contribution in [0.2, 0.25) is 5.02 Å². The molecule has 2 aliphatic rings. The molecule has 1 amide bonds. The van der Waals surface area contributed by atoms with Gasteiger partial charge in [-0.3, -0.25) is 9.69 Å². The van der Waals surface area contributed by atoms with Crippen molar-refractivity contribution in [2.45, 2.75) is 18.9 Å². The van der Waals surface area contributed by atoms with Gasteiger partial charge in [0.05, 0.1) is 18.4 Å². The molecule has 0 N–H and O–H groups in total. The van der Waals surface area contributed by atoms with Crippen LogP contribution >= 0.6 is 11.6 Å². The number of rotatable bonds is 6. The highest BCUT2D eigenvalue weighted by molar-refractivity contribution is 6.30. The molecular formula is C27H22ClNO5. The van der Waals surface area contributed by atoms with Gasteiger partial charge in [-0.25, -0.2) is 4.79 Å². The monoisotopic (exact) mass is 475 g/mol. The normalized spacial score (nSPS) is 17.5. The van der Waals surface area contributed by atoms with Gasteiger partial charge in [-0.2, -0.15) is 0 Å². The minimum atomic E-state index is -0.432. The van der Waals surface area contributed by atoms with E-state index in [1.165, 1.54) is 0 Å². The molecule has 0 aliphatic carbocycles. The number of ether oxygens (including phenoxy) is 3. The van der Waals surface area contributed by atoms with E-state index in [0.717, 1.165) is 11.1 Å². The highest BCUT2D eigenvalue weighted by Crippen LogP contribution is 2.43. The van der Waals surface area contributed by atoms with E-state index in [2.05, 4.69) is 0 Å². The summed E-state index contributed by atoms with van der Waals surface area (Å²) >= 11 is 6.01. The first-order valence-corrected chi connectivity index (χ1v) is 11.3. The number of hydrogen-bond donors (Lipinski definition) is 0. The van der Waals surface area contributed by atoms with E-state index in [1.54, 1.807) is 36.3 Å². The molecule has 0 fully saturated rings. The number of benzene rings is 3. The Morgan fingerprint density at radius 1 is 1.00 bits per heavy atom. The fraction of sp³-hybridized carbons (Fsp3) is 0.185. The number of methoxy groups -OCH3 is 1. The Balaban J connectivity index is 1.46. The molecule has 172 valence electrons. The predicted octanol–water partition coefficient (Wildman–Crippen LogP) is 5.26. The zero-order valence-corrected chi connectivity index (χ0v) is 19.2. The Hall–Kier alpha value is -3.77. The van der Waals surface area contributed by atoms with Gasteiger partial charge in [0, 0.05) is 23.0 Å². The molecule has 3 aromatic rings. The molecule has 34 heavy (non-hydrogen) atoms. The lowest BCUT2D eigenvalue weighted by atomic mass is 9.84. The van der Waals surface area contributed by atoms with Gasteiger partial charge in [-0.1, -0.05) is 48.0 Å². The van der Waals surface area contributed by atoms with Gasteiger partial charge < -0.3 is 14.2 Å². The van der Waals surface area contributed by atoms with Crippen LogP contribution in [0, 0.1) is 0 Å². The number of amides is 1. The first-order valence-electron chi connectivity index (χ1n) is 10.9. The van der Waals surface area contributed by atoms with E-state index in [4.69, 9.17) is 25.8 Å². The Morgan fingerprint density at radius 3 is 2.50 bits per heavy atom. The Kier molecular flexibility index (Phi) is 5.99. The van der Waals surface area contributed by atoms with Gasteiger partial charge in [-0.05, 0) is 47.5 Å². The maximum atomic E-state index is 13.2. The summed E-state index contributed by atoms with van der Waals surface area (Å²) in [5, 5.41) is 0.570. The smallest absolute Gasteiger partial charge is 0.336 e. The largest absolute Gasteiger partial charge is 0.493 e. The van der Waals surface area contributed by atoms with Crippen molar-refractivity contribution in [3.05, 3.63) is 100 Å². The minimum Gasteiger partial charge on any atom is -0.493 e. The summed E-state index contributed by atoms with van der Waals surface area (Å²) < 4.78 is 16.9. The van der Waals surface area contributed by atoms with Crippen LogP contribution in [0.25, 0.3) is 0 Å². The molecule has 1 atom stereocenters. The molecular weight excluding hydrogens is 454 g/mol. The molecule has 2 aliphatic heterocycles. The van der Waals surface area contributed by atoms with E-state index < -0.39 is 11.9 Å². The molecule has 0 saturated heterocycles. The number of carbonyl (C=O) groups excluding carboxylic acids is 2. The van der Waals surface area contributed by atoms with Crippen molar-refractivity contribution in [1.82, 2.24) is 0 Å². The van der Waals surface area contributed by atoms with Gasteiger partial charge in [0.15, 0.2) is 11.5 Å². The highest BCUT2D eigenvalue weighted by Gasteiger charge is 2.43. The quantitative estimate of drug-likeness (QED) is 0.455. The second kappa shape index (κ2) is 9.23. The number of nitrogens with zero attached hydrogens (tertiary/aromatic N) is 1. The molecule has 0 spiro atoms. The maximum Gasteiger partial charge on any atom is 0.336 e. The zero-order chi connectivity index (χ0) is 23.7. The third kappa shape index (κ3) is 4.13. The second-order valence-corrected chi connectivity index (χ2v) is 8.52. The fourth-order valence-corrected chi connectivity index (χ4v) is 4.51. The summed E-state index contributed by atoms with van der Waals surface area (Å²) in [7, 11) is 1.57. The summed E-state index contributed by atoms with van der Waals surface area (Å²) in [6.45, 7) is 0.449. The predicted molar refractivity (Wildman–Crippen MR) is 128 cm³/mol. The molecule has 0 saturated carbocycles. The van der Waals surface area contributed by atoms with E-state index in [-0.39, 0.29) is 18.9 Å². The third-order valence-corrected chi connectivity index (χ3v) is 6.28. The van der Waals surface area contributed by atoms with Gasteiger partial charge in [0.1, 0.15) is 13.2 Å². The molecule has 6 nitrogen and oxygen atoms in total. The van der Waals surface area contributed by atoms with Crippen molar-refractivity contribution in [2.75, 3.05) is 18.6 Å². The topological polar surface area (TPSA) is 65.1 Å². The van der Waals surface area contributed by atoms with Crippen molar-refractivity contribution < 1.29 is 23.8 Å². The molecule has 0 aromatic heterocycles. The van der Waals surface area contributed by atoms with E-state index in [0.29, 0.717) is 40.1 Å². The minimum absolute atomic E-state index is 0.0500. The lowest BCUT2D eigenvalue weighted by Crippen LogP contribution is -2.37. The van der Waals surface area contributed by atoms with Crippen LogP contribution in [0.15, 0.2) is 84.1 Å². The first-order chi connectivity index (χ1) is 16.5. The molecule has 2 heterocycles. The molecule has 7 heteroatoms. The van der Waals surface area contributed by atoms with Crippen LogP contribution in [0.4, 0.5) is 5.69 Å². The molecule has 1 unspecified atom stereocenters. The number of esters is 1. The van der Waals surface area contributed by atoms with Crippen molar-refractivity contribution in [2.24, 2.45) is 0 Å². The summed E-state index contributed by atoms with van der Waals surface area (Å²) in [5.74, 6) is 0.165. The van der Waals surface area contributed by atoms with Crippen LogP contribution < -0.4 is 14.4 Å². The molecule has 5 rings (SSSR count). The molecule has 3 aromatic carbocycles. The van der Waals surface area contributed by atoms with Gasteiger partial charge in [0.2, 0.25) is 5.91 Å². The van der Waals surface area contributed by atoms with Gasteiger partial charge in [0.25, 0.3) is 0 Å². The van der Waals surface area contributed by atoms with E-state index in [9.17, 15) is 9.59 Å². The first kappa shape index (κ1) is 22.0. The second-order valence-electron chi connectivity index (χ2n) is 8.08. The van der Waals surface area contributed by atoms with Crippen LogP contribution in [0.5, 0.6) is 11.5 Å². The SMILES string of the molecule is COc1cc(C2CC(=O)N(c3ccc(Cl)cc3)C3=C2C(=O)OC3)ccc1OCc1ccccc1. The average Bonchev–Trinajstić information content (AvgIpc) is 3.24. The van der Waals surface area contributed by atoms with Crippen molar-refractivity contribution in [3.63, 3.8) is 0 Å². The Bertz CT molecular complexity index is 1270. The number of hydrogen-bond acceptors (Lipinski definition) is 5. The van der Waals surface area contributed by atoms with Crippen LogP contribution in [0.1, 0.15) is 23.5 Å². The number of anilines is 1. The molecule has 0 radical (unpaired) electrons. The van der Waals surface area contributed by atoms with Gasteiger partial charge in [-0.15, -0.1) is 0 Å². The standard InChI is InChI=1S/C27H22ClNO5/c1-32-24-13-18(7-12-23(24)33-15-17-5-3-2-4-6-17)21-14-25(30)29(20-10-8-19(28)9-11-20)22-16-34-27(31)26(21)22/h2-13,21H,14-16H2,1H3. The Morgan fingerprint density at radius 2 is 1.76 bits per heavy atom. The van der Waals surface area contributed by atoms with Crippen molar-refractivity contribution >= 4 is 29.2 Å². The summed E-state index contributed by atoms with van der Waals surface area (Å²) in [6.07, 6.45) is 0.129. The van der Waals surface area contributed by atoms with E-state index in [1.807, 2.05) is 48.5 Å². The average molecular weight is 476 g/mol. The third-order valence-electron chi connectivity index (χ3n) is 6.03. The summed E-state index contributed by atoms with van der Waals surface area (Å²) in [4.78, 5) is 27.5. The van der Waals surface area contributed by atoms with Crippen molar-refractivity contribution in [3.8, 4) is 11.5 Å². The van der Waals surface area contributed by atoms with Gasteiger partial charge >= 0.3 is 5.97 Å². The zero-order valence-electron chi connectivity index (χ0n) is 18.5. The van der Waals surface area contributed by atoms with Crippen LogP contribution in [-0.4, -0.2) is 25.6 Å². The molecule has 0 bridgehead atoms. The van der Waals surface area contributed by atoms with E-state index >= 15 is 0 Å². The summed E-state index contributed by atoms with van der Waals surface area (Å²) in [5.41, 5.74) is 3.55. The number of halogens is 1. The summed E-state index contributed by atoms with van der Waals surface area (Å²) in [6, 6.07) is 22.3. The van der Waals surface area contributed by atoms with Crippen LogP contribution in [-0.2, 0) is 20.9 Å². The van der Waals surface area contributed by atoms with Crippen LogP contribution in [0.3, 0.4) is 0 Å².